The quantitative estimate of drug-likeness (QED) is 0.308. The predicted molar refractivity (Wildman–Crippen MR) is 136 cm³/mol. The molecular weight excluding hydrogens is 497 g/mol. The summed E-state index contributed by atoms with van der Waals surface area (Å²) in [6, 6.07) is 2.36. The van der Waals surface area contributed by atoms with E-state index in [1.54, 1.807) is 0 Å². The molecule has 3 rings (SSSR count). The Morgan fingerprint density at radius 1 is 1.08 bits per heavy atom. The van der Waals surface area contributed by atoms with E-state index in [0.29, 0.717) is 12.8 Å². The highest BCUT2D eigenvalue weighted by molar-refractivity contribution is 5.93. The summed E-state index contributed by atoms with van der Waals surface area (Å²) in [7, 11) is 0. The van der Waals surface area contributed by atoms with Crippen molar-refractivity contribution in [2.24, 2.45) is 11.7 Å². The zero-order valence-corrected chi connectivity index (χ0v) is 21.3. The third-order valence-electron chi connectivity index (χ3n) is 7.15. The average Bonchev–Trinajstić information content (AvgIpc) is 2.87. The maximum Gasteiger partial charge on any atom is 0.319 e. The number of urea groups is 1. The van der Waals surface area contributed by atoms with Crippen molar-refractivity contribution in [3.8, 4) is 0 Å². The number of likely N-dealkylation sites (tertiary alicyclic amines) is 1. The molecule has 6 N–H and O–H groups in total. The second-order valence-corrected chi connectivity index (χ2v) is 10.0. The first-order valence-electron chi connectivity index (χ1n) is 13.1. The first-order valence-corrected chi connectivity index (χ1v) is 13.1. The van der Waals surface area contributed by atoms with Gasteiger partial charge in [-0.2, -0.15) is 0 Å². The van der Waals surface area contributed by atoms with Gasteiger partial charge < -0.3 is 31.7 Å². The molecule has 2 aliphatic rings. The number of carboxylic acid groups (broad SMARTS) is 1. The molecule has 1 aromatic carbocycles. The van der Waals surface area contributed by atoms with E-state index in [1.165, 1.54) is 23.1 Å². The Balaban J connectivity index is 1.68. The zero-order valence-electron chi connectivity index (χ0n) is 21.3. The van der Waals surface area contributed by atoms with Crippen LogP contribution in [0.5, 0.6) is 0 Å². The largest absolute Gasteiger partial charge is 0.481 e. The van der Waals surface area contributed by atoms with Crippen LogP contribution in [0, 0.1) is 11.7 Å². The molecule has 11 nitrogen and oxygen atoms in total. The Kier molecular flexibility index (Phi) is 10.4. The first kappa shape index (κ1) is 28.9. The molecule has 1 aromatic rings. The van der Waals surface area contributed by atoms with E-state index >= 15 is 0 Å². The molecule has 1 saturated heterocycles. The highest BCUT2D eigenvalue weighted by Crippen LogP contribution is 2.28. The molecule has 1 aliphatic heterocycles. The second kappa shape index (κ2) is 13.7. The summed E-state index contributed by atoms with van der Waals surface area (Å²) < 4.78 is 13.4. The van der Waals surface area contributed by atoms with E-state index in [0.717, 1.165) is 38.2 Å². The molecule has 0 aromatic heterocycles. The Bertz CT molecular complexity index is 1030. The van der Waals surface area contributed by atoms with Crippen LogP contribution in [0.15, 0.2) is 24.3 Å². The molecule has 0 radical (unpaired) electrons. The van der Waals surface area contributed by atoms with Gasteiger partial charge in [0, 0.05) is 24.7 Å². The van der Waals surface area contributed by atoms with Crippen molar-refractivity contribution in [3.63, 3.8) is 0 Å². The van der Waals surface area contributed by atoms with E-state index in [-0.39, 0.29) is 37.4 Å². The number of nitrogens with two attached hydrogens (primary N) is 1. The molecule has 1 saturated carbocycles. The highest BCUT2D eigenvalue weighted by Gasteiger charge is 2.38. The molecule has 1 aliphatic carbocycles. The predicted octanol–water partition coefficient (Wildman–Crippen LogP) is 2.11. The molecule has 2 fully saturated rings. The molecule has 0 spiro atoms. The number of piperidine rings is 1. The number of halogens is 1. The summed E-state index contributed by atoms with van der Waals surface area (Å²) in [5, 5.41) is 17.0. The Morgan fingerprint density at radius 2 is 1.82 bits per heavy atom. The van der Waals surface area contributed by atoms with E-state index < -0.39 is 53.7 Å². The van der Waals surface area contributed by atoms with Crippen molar-refractivity contribution in [1.29, 1.82) is 0 Å². The molecule has 0 bridgehead atoms. The van der Waals surface area contributed by atoms with Gasteiger partial charge in [0.2, 0.25) is 17.7 Å². The van der Waals surface area contributed by atoms with Gasteiger partial charge >= 0.3 is 12.0 Å². The third kappa shape index (κ3) is 8.70. The fourth-order valence-electron chi connectivity index (χ4n) is 5.19. The lowest BCUT2D eigenvalue weighted by Gasteiger charge is -2.39. The van der Waals surface area contributed by atoms with Gasteiger partial charge in [-0.15, -0.1) is 0 Å². The number of hydrogen-bond acceptors (Lipinski definition) is 5. The summed E-state index contributed by atoms with van der Waals surface area (Å²) in [5.41, 5.74) is 5.85. The third-order valence-corrected chi connectivity index (χ3v) is 7.15. The fourth-order valence-corrected chi connectivity index (χ4v) is 5.19. The number of carbonyl (C=O) groups is 5. The fraction of sp³-hybridized carbons (Fsp3) is 0.577. The van der Waals surface area contributed by atoms with E-state index in [4.69, 9.17) is 10.8 Å². The number of benzene rings is 1. The lowest BCUT2D eigenvalue weighted by molar-refractivity contribution is -0.146. The van der Waals surface area contributed by atoms with Crippen LogP contribution in [-0.4, -0.2) is 64.4 Å². The maximum atomic E-state index is 13.4. The SMILES string of the molecule is NC(=O)C(CC1CCCCC1)NC(=O)C1CC(NC(=O)Nc2cccc(F)c2)CCN1C(=O)CCC(=O)O. The van der Waals surface area contributed by atoms with Crippen LogP contribution in [0.3, 0.4) is 0 Å². The van der Waals surface area contributed by atoms with Crippen LogP contribution in [-0.2, 0) is 19.2 Å². The van der Waals surface area contributed by atoms with Crippen LogP contribution in [0.4, 0.5) is 14.9 Å². The molecule has 5 amide bonds. The van der Waals surface area contributed by atoms with Crippen LogP contribution < -0.4 is 21.7 Å². The number of nitrogens with one attached hydrogen (secondary N) is 3. The average molecular weight is 534 g/mol. The first-order chi connectivity index (χ1) is 18.1. The smallest absolute Gasteiger partial charge is 0.319 e. The van der Waals surface area contributed by atoms with E-state index in [9.17, 15) is 28.4 Å². The maximum absolute atomic E-state index is 13.4. The molecular formula is C26H36FN5O6. The lowest BCUT2D eigenvalue weighted by Crippen LogP contribution is -2.60. The minimum Gasteiger partial charge on any atom is -0.481 e. The van der Waals surface area contributed by atoms with Crippen molar-refractivity contribution in [2.75, 3.05) is 11.9 Å². The van der Waals surface area contributed by atoms with Crippen LogP contribution in [0.2, 0.25) is 0 Å². The number of nitrogens with zero attached hydrogens (tertiary/aromatic N) is 1. The standard InChI is InChI=1S/C26H36FN5O6/c27-17-7-4-8-18(14-17)29-26(38)30-19-11-12-32(22(33)9-10-23(34)35)21(15-19)25(37)31-20(24(28)36)13-16-5-2-1-3-6-16/h4,7-8,14,16,19-21H,1-3,5-6,9-13,15H2,(H2,28,36)(H,31,37)(H,34,35)(H2,29,30,38). The number of carboxylic acids is 1. The Morgan fingerprint density at radius 3 is 2.47 bits per heavy atom. The normalized spacial score (nSPS) is 20.7. The highest BCUT2D eigenvalue weighted by atomic mass is 19.1. The topological polar surface area (TPSA) is 171 Å². The van der Waals surface area contributed by atoms with Crippen LogP contribution in [0.25, 0.3) is 0 Å². The van der Waals surface area contributed by atoms with Crippen molar-refractivity contribution >= 4 is 35.4 Å². The lowest BCUT2D eigenvalue weighted by atomic mass is 9.84. The van der Waals surface area contributed by atoms with Gasteiger partial charge in [0.05, 0.1) is 6.42 Å². The number of aliphatic carboxylic acids is 1. The van der Waals surface area contributed by atoms with Gasteiger partial charge in [0.1, 0.15) is 17.9 Å². The number of carbonyl (C=O) groups excluding carboxylic acids is 4. The second-order valence-electron chi connectivity index (χ2n) is 10.0. The van der Waals surface area contributed by atoms with Crippen LogP contribution in [0.1, 0.15) is 64.2 Å². The van der Waals surface area contributed by atoms with Gasteiger partial charge in [-0.05, 0) is 43.4 Å². The summed E-state index contributed by atoms with van der Waals surface area (Å²) >= 11 is 0. The molecule has 38 heavy (non-hydrogen) atoms. The number of primary amides is 1. The number of amides is 5. The number of rotatable bonds is 10. The van der Waals surface area contributed by atoms with Gasteiger partial charge in [0.15, 0.2) is 0 Å². The van der Waals surface area contributed by atoms with Gasteiger partial charge in [-0.25, -0.2) is 9.18 Å². The summed E-state index contributed by atoms with van der Waals surface area (Å²) in [5.74, 6) is -3.12. The molecule has 1 heterocycles. The molecule has 3 unspecified atom stereocenters. The zero-order chi connectivity index (χ0) is 27.7. The summed E-state index contributed by atoms with van der Waals surface area (Å²) in [6.45, 7) is 0.102. The molecule has 3 atom stereocenters. The summed E-state index contributed by atoms with van der Waals surface area (Å²) in [4.78, 5) is 63.1. The molecule has 12 heteroatoms. The van der Waals surface area contributed by atoms with Gasteiger partial charge in [0.25, 0.3) is 0 Å². The van der Waals surface area contributed by atoms with E-state index in [1.807, 2.05) is 0 Å². The van der Waals surface area contributed by atoms with Crippen molar-refractivity contribution in [3.05, 3.63) is 30.1 Å². The number of hydrogen-bond donors (Lipinski definition) is 5. The number of anilines is 1. The summed E-state index contributed by atoms with van der Waals surface area (Å²) in [6.07, 6.45) is 5.29. The van der Waals surface area contributed by atoms with Gasteiger partial charge in [-0.3, -0.25) is 19.2 Å². The van der Waals surface area contributed by atoms with Crippen molar-refractivity contribution in [1.82, 2.24) is 15.5 Å². The monoisotopic (exact) mass is 533 g/mol. The van der Waals surface area contributed by atoms with E-state index in [2.05, 4.69) is 16.0 Å². The minimum absolute atomic E-state index is 0.0517. The van der Waals surface area contributed by atoms with Crippen molar-refractivity contribution < 1.29 is 33.5 Å². The van der Waals surface area contributed by atoms with Gasteiger partial charge in [-0.1, -0.05) is 38.2 Å². The minimum atomic E-state index is -1.13. The Hall–Kier alpha value is -3.70. The molecule has 208 valence electrons. The van der Waals surface area contributed by atoms with Crippen LogP contribution >= 0.6 is 0 Å². The van der Waals surface area contributed by atoms with Crippen molar-refractivity contribution in [2.45, 2.75) is 82.3 Å². The Labute approximate surface area is 220 Å².